The summed E-state index contributed by atoms with van der Waals surface area (Å²) < 4.78 is 16.8. The summed E-state index contributed by atoms with van der Waals surface area (Å²) in [6.45, 7) is 12.0. The van der Waals surface area contributed by atoms with Gasteiger partial charge in [-0.3, -0.25) is 14.5 Å². The Balaban J connectivity index is 1.75. The topological polar surface area (TPSA) is 65.1 Å². The van der Waals surface area contributed by atoms with Gasteiger partial charge in [0, 0.05) is 12.6 Å². The number of nitrogens with zero attached hydrogens (tertiary/aromatic N) is 1. The fourth-order valence-corrected chi connectivity index (χ4v) is 3.99. The Bertz CT molecular complexity index is 1060. The van der Waals surface area contributed by atoms with E-state index in [9.17, 15) is 9.59 Å². The van der Waals surface area contributed by atoms with E-state index in [-0.39, 0.29) is 18.0 Å². The Morgan fingerprint density at radius 3 is 2.09 bits per heavy atom. The van der Waals surface area contributed by atoms with Gasteiger partial charge in [0.2, 0.25) is 0 Å². The minimum Gasteiger partial charge on any atom is -0.493 e. The first-order chi connectivity index (χ1) is 16.3. The molecule has 0 unspecified atom stereocenters. The second-order valence-electron chi connectivity index (χ2n) is 11.4. The van der Waals surface area contributed by atoms with Gasteiger partial charge < -0.3 is 14.2 Å². The van der Waals surface area contributed by atoms with Crippen molar-refractivity contribution in [1.29, 1.82) is 0 Å². The van der Waals surface area contributed by atoms with Gasteiger partial charge in [-0.05, 0) is 109 Å². The van der Waals surface area contributed by atoms with Gasteiger partial charge in [0.15, 0.2) is 11.5 Å². The van der Waals surface area contributed by atoms with Crippen LogP contribution < -0.4 is 14.2 Å². The second-order valence-corrected chi connectivity index (χ2v) is 11.4. The van der Waals surface area contributed by atoms with E-state index >= 15 is 0 Å². The quantitative estimate of drug-likeness (QED) is 0.386. The Labute approximate surface area is 209 Å². The van der Waals surface area contributed by atoms with Crippen LogP contribution in [0.4, 0.5) is 0 Å². The molecule has 2 aromatic carbocycles. The van der Waals surface area contributed by atoms with Crippen LogP contribution >= 0.6 is 0 Å². The summed E-state index contributed by atoms with van der Waals surface area (Å²) in [7, 11) is 3.74. The number of rotatable bonds is 6. The number of hydrogen-bond acceptors (Lipinski definition) is 6. The summed E-state index contributed by atoms with van der Waals surface area (Å²) >= 11 is 0. The van der Waals surface area contributed by atoms with E-state index in [2.05, 4.69) is 11.9 Å². The van der Waals surface area contributed by atoms with Crippen LogP contribution in [0.5, 0.6) is 17.2 Å². The molecule has 1 aliphatic heterocycles. The first-order valence-electron chi connectivity index (χ1n) is 12.2. The highest BCUT2D eigenvalue weighted by Crippen LogP contribution is 2.40. The monoisotopic (exact) mass is 481 g/mol. The molecule has 2 aromatic rings. The Hall–Kier alpha value is -2.86. The van der Waals surface area contributed by atoms with Crippen molar-refractivity contribution in [3.63, 3.8) is 0 Å². The average molecular weight is 482 g/mol. The van der Waals surface area contributed by atoms with E-state index in [1.54, 1.807) is 7.11 Å². The average Bonchev–Trinajstić information content (AvgIpc) is 2.77. The molecule has 0 spiro atoms. The molecule has 3 rings (SSSR count). The standard InChI is InChI=1S/C29H39NO5/c1-28(2,3)26(31)34-21-12-9-19(10-13-21)11-14-23-22-18-24(33-8)25(35-27(32)29(4,5)6)17-20(22)15-16-30(23)7/h9-10,12-13,17-18,23H,11,14-16H2,1-8H3/t23-/m0/s1. The Morgan fingerprint density at radius 1 is 0.914 bits per heavy atom. The zero-order valence-electron chi connectivity index (χ0n) is 22.4. The number of fused-ring (bicyclic) bond motifs is 1. The van der Waals surface area contributed by atoms with Crippen LogP contribution in [0, 0.1) is 10.8 Å². The third kappa shape index (κ3) is 6.63. The van der Waals surface area contributed by atoms with Crippen molar-refractivity contribution in [2.24, 2.45) is 10.8 Å². The number of aryl methyl sites for hydroxylation is 1. The summed E-state index contributed by atoms with van der Waals surface area (Å²) in [6, 6.07) is 12.0. The number of esters is 2. The summed E-state index contributed by atoms with van der Waals surface area (Å²) in [5.41, 5.74) is 2.45. The molecule has 0 radical (unpaired) electrons. The second kappa shape index (κ2) is 10.4. The van der Waals surface area contributed by atoms with Crippen LogP contribution in [-0.2, 0) is 22.4 Å². The molecule has 35 heavy (non-hydrogen) atoms. The maximum Gasteiger partial charge on any atom is 0.316 e. The van der Waals surface area contributed by atoms with Crippen LogP contribution in [0.25, 0.3) is 0 Å². The number of methoxy groups -OCH3 is 1. The highest BCUT2D eigenvalue weighted by Gasteiger charge is 2.29. The summed E-state index contributed by atoms with van der Waals surface area (Å²) in [5, 5.41) is 0. The molecule has 190 valence electrons. The number of ether oxygens (including phenoxy) is 3. The van der Waals surface area contributed by atoms with Crippen molar-refractivity contribution in [2.75, 3.05) is 20.7 Å². The van der Waals surface area contributed by atoms with Crippen molar-refractivity contribution in [3.8, 4) is 17.2 Å². The number of likely N-dealkylation sites (N-methyl/N-ethyl adjacent to an activating group) is 1. The van der Waals surface area contributed by atoms with E-state index in [0.29, 0.717) is 17.2 Å². The van der Waals surface area contributed by atoms with E-state index in [4.69, 9.17) is 14.2 Å². The predicted molar refractivity (Wildman–Crippen MR) is 137 cm³/mol. The van der Waals surface area contributed by atoms with E-state index in [1.165, 1.54) is 16.7 Å². The molecular weight excluding hydrogens is 442 g/mol. The van der Waals surface area contributed by atoms with Crippen molar-refractivity contribution in [1.82, 2.24) is 4.90 Å². The molecule has 1 aliphatic rings. The SMILES string of the molecule is COc1cc2c(cc1OC(=O)C(C)(C)C)CCN(C)[C@H]2CCc1ccc(OC(=O)C(C)(C)C)cc1. The van der Waals surface area contributed by atoms with Crippen molar-refractivity contribution >= 4 is 11.9 Å². The highest BCUT2D eigenvalue weighted by atomic mass is 16.6. The third-order valence-electron chi connectivity index (χ3n) is 6.32. The summed E-state index contributed by atoms with van der Waals surface area (Å²) in [6.07, 6.45) is 2.69. The van der Waals surface area contributed by atoms with Gasteiger partial charge in [0.25, 0.3) is 0 Å². The van der Waals surface area contributed by atoms with E-state index < -0.39 is 10.8 Å². The van der Waals surface area contributed by atoms with Crippen LogP contribution in [-0.4, -0.2) is 37.5 Å². The number of carbonyl (C=O) groups excluding carboxylic acids is 2. The number of hydrogen-bond donors (Lipinski definition) is 0. The van der Waals surface area contributed by atoms with Crippen LogP contribution in [0.15, 0.2) is 36.4 Å². The molecular formula is C29H39NO5. The van der Waals surface area contributed by atoms with Gasteiger partial charge in [-0.25, -0.2) is 0 Å². The Kier molecular flexibility index (Phi) is 7.95. The van der Waals surface area contributed by atoms with Gasteiger partial charge in [-0.2, -0.15) is 0 Å². The fourth-order valence-electron chi connectivity index (χ4n) is 3.99. The first kappa shape index (κ1) is 26.7. The lowest BCUT2D eigenvalue weighted by molar-refractivity contribution is -0.143. The maximum atomic E-state index is 12.5. The normalized spacial score (nSPS) is 16.4. The fraction of sp³-hybridized carbons (Fsp3) is 0.517. The zero-order valence-corrected chi connectivity index (χ0v) is 22.4. The smallest absolute Gasteiger partial charge is 0.316 e. The molecule has 1 atom stereocenters. The molecule has 6 nitrogen and oxygen atoms in total. The van der Waals surface area contributed by atoms with Crippen LogP contribution in [0.2, 0.25) is 0 Å². The van der Waals surface area contributed by atoms with Gasteiger partial charge >= 0.3 is 11.9 Å². The molecule has 1 heterocycles. The minimum absolute atomic E-state index is 0.221. The molecule has 0 saturated carbocycles. The zero-order chi connectivity index (χ0) is 26.0. The van der Waals surface area contributed by atoms with E-state index in [0.717, 1.165) is 25.8 Å². The minimum atomic E-state index is -0.593. The molecule has 0 fully saturated rings. The Morgan fingerprint density at radius 2 is 1.51 bits per heavy atom. The molecule has 0 amide bonds. The molecule has 6 heteroatoms. The first-order valence-corrected chi connectivity index (χ1v) is 12.2. The maximum absolute atomic E-state index is 12.5. The molecule has 0 N–H and O–H groups in total. The van der Waals surface area contributed by atoms with Gasteiger partial charge in [-0.15, -0.1) is 0 Å². The van der Waals surface area contributed by atoms with Crippen LogP contribution in [0.1, 0.15) is 70.7 Å². The summed E-state index contributed by atoms with van der Waals surface area (Å²) in [4.78, 5) is 27.0. The number of carbonyl (C=O) groups is 2. The lowest BCUT2D eigenvalue weighted by atomic mass is 9.88. The highest BCUT2D eigenvalue weighted by molar-refractivity contribution is 5.79. The lowest BCUT2D eigenvalue weighted by Gasteiger charge is -2.35. The molecule has 0 saturated heterocycles. The van der Waals surface area contributed by atoms with Crippen molar-refractivity contribution in [3.05, 3.63) is 53.1 Å². The van der Waals surface area contributed by atoms with Crippen LogP contribution in [0.3, 0.4) is 0 Å². The van der Waals surface area contributed by atoms with Gasteiger partial charge in [-0.1, -0.05) is 12.1 Å². The van der Waals surface area contributed by atoms with Gasteiger partial charge in [0.1, 0.15) is 5.75 Å². The molecule has 0 aromatic heterocycles. The predicted octanol–water partition coefficient (Wildman–Crippen LogP) is 5.76. The molecule has 0 aliphatic carbocycles. The number of benzene rings is 2. The van der Waals surface area contributed by atoms with Crippen molar-refractivity contribution in [2.45, 2.75) is 66.8 Å². The molecule has 0 bridgehead atoms. The lowest BCUT2D eigenvalue weighted by Crippen LogP contribution is -2.32. The van der Waals surface area contributed by atoms with Gasteiger partial charge in [0.05, 0.1) is 17.9 Å². The third-order valence-corrected chi connectivity index (χ3v) is 6.32. The van der Waals surface area contributed by atoms with Crippen molar-refractivity contribution < 1.29 is 23.8 Å². The largest absolute Gasteiger partial charge is 0.493 e. The van der Waals surface area contributed by atoms with E-state index in [1.807, 2.05) is 77.9 Å². The summed E-state index contributed by atoms with van der Waals surface area (Å²) in [5.74, 6) is 1.10.